The zero-order valence-corrected chi connectivity index (χ0v) is 16.2. The number of hydrogen-bond acceptors (Lipinski definition) is 4. The molecule has 138 valence electrons. The minimum absolute atomic E-state index is 0.131. The molecule has 7 heteroatoms. The van der Waals surface area contributed by atoms with Gasteiger partial charge in [0.1, 0.15) is 5.82 Å². The molecule has 0 spiro atoms. The highest BCUT2D eigenvalue weighted by molar-refractivity contribution is 6.42. The quantitative estimate of drug-likeness (QED) is 0.783. The Labute approximate surface area is 164 Å². The summed E-state index contributed by atoms with van der Waals surface area (Å²) in [6.07, 6.45) is 1.79. The van der Waals surface area contributed by atoms with Crippen molar-refractivity contribution in [1.29, 1.82) is 0 Å². The summed E-state index contributed by atoms with van der Waals surface area (Å²) in [6.45, 7) is 3.95. The van der Waals surface area contributed by atoms with E-state index >= 15 is 0 Å². The molecular formula is C19H22Cl2N4O. The van der Waals surface area contributed by atoms with Gasteiger partial charge in [-0.05, 0) is 30.8 Å². The molecule has 5 nitrogen and oxygen atoms in total. The van der Waals surface area contributed by atoms with Crippen molar-refractivity contribution >= 4 is 34.9 Å². The van der Waals surface area contributed by atoms with Crippen LogP contribution in [0, 0.1) is 0 Å². The summed E-state index contributed by atoms with van der Waals surface area (Å²) in [4.78, 5) is 23.0. The maximum Gasteiger partial charge on any atom is 0.236 e. The van der Waals surface area contributed by atoms with Crippen LogP contribution in [0.1, 0.15) is 5.56 Å². The zero-order chi connectivity index (χ0) is 18.5. The first kappa shape index (κ1) is 19.0. The molecular weight excluding hydrogens is 371 g/mol. The maximum atomic E-state index is 12.6. The fraction of sp³-hybridized carbons (Fsp3) is 0.368. The van der Waals surface area contributed by atoms with Gasteiger partial charge < -0.3 is 9.80 Å². The van der Waals surface area contributed by atoms with Crippen LogP contribution in [-0.4, -0.2) is 60.5 Å². The van der Waals surface area contributed by atoms with Crippen LogP contribution in [0.4, 0.5) is 5.82 Å². The Morgan fingerprint density at radius 3 is 2.58 bits per heavy atom. The summed E-state index contributed by atoms with van der Waals surface area (Å²) < 4.78 is 0. The van der Waals surface area contributed by atoms with Crippen molar-refractivity contribution in [2.24, 2.45) is 0 Å². The third kappa shape index (κ3) is 4.67. The van der Waals surface area contributed by atoms with E-state index in [1.165, 1.54) is 0 Å². The Morgan fingerprint density at radius 1 is 1.12 bits per heavy atom. The third-order valence-corrected chi connectivity index (χ3v) is 5.34. The smallest absolute Gasteiger partial charge is 0.236 e. The molecule has 0 bridgehead atoms. The van der Waals surface area contributed by atoms with Crippen molar-refractivity contribution in [2.75, 3.05) is 44.7 Å². The Bertz CT molecular complexity index is 748. The number of halogens is 2. The van der Waals surface area contributed by atoms with E-state index in [-0.39, 0.29) is 5.91 Å². The van der Waals surface area contributed by atoms with Crippen molar-refractivity contribution in [1.82, 2.24) is 14.8 Å². The number of piperazine rings is 1. The predicted octanol–water partition coefficient (Wildman–Crippen LogP) is 3.17. The molecule has 0 radical (unpaired) electrons. The van der Waals surface area contributed by atoms with Crippen LogP contribution < -0.4 is 4.90 Å². The average Bonchev–Trinajstić information content (AvgIpc) is 2.66. The topological polar surface area (TPSA) is 39.7 Å². The van der Waals surface area contributed by atoms with Gasteiger partial charge in [-0.1, -0.05) is 41.4 Å². The summed E-state index contributed by atoms with van der Waals surface area (Å²) >= 11 is 12.3. The molecule has 1 aromatic heterocycles. The van der Waals surface area contributed by atoms with Crippen molar-refractivity contribution in [3.8, 4) is 0 Å². The highest BCUT2D eigenvalue weighted by Gasteiger charge is 2.22. The number of rotatable bonds is 5. The number of carbonyl (C=O) groups is 1. The number of aromatic nitrogens is 1. The number of pyridine rings is 1. The SMILES string of the molecule is CN(CC(=O)N1CCN(c2ccccn2)CC1)Cc1cccc(Cl)c1Cl. The van der Waals surface area contributed by atoms with E-state index in [2.05, 4.69) is 9.88 Å². The number of amides is 1. The largest absolute Gasteiger partial charge is 0.353 e. The fourth-order valence-electron chi connectivity index (χ4n) is 3.07. The van der Waals surface area contributed by atoms with Crippen molar-refractivity contribution in [3.05, 3.63) is 58.2 Å². The van der Waals surface area contributed by atoms with Crippen molar-refractivity contribution in [2.45, 2.75) is 6.54 Å². The molecule has 0 saturated carbocycles. The first-order valence-electron chi connectivity index (χ1n) is 8.60. The second-order valence-corrected chi connectivity index (χ2v) is 7.23. The number of nitrogens with zero attached hydrogens (tertiary/aromatic N) is 4. The minimum atomic E-state index is 0.131. The monoisotopic (exact) mass is 392 g/mol. The standard InChI is InChI=1S/C19H22Cl2N4O/c1-23(13-15-5-4-6-16(20)19(15)21)14-18(26)25-11-9-24(10-12-25)17-7-2-3-8-22-17/h2-8H,9-14H2,1H3. The van der Waals surface area contributed by atoms with Gasteiger partial charge in [-0.25, -0.2) is 4.98 Å². The molecule has 1 aliphatic heterocycles. The minimum Gasteiger partial charge on any atom is -0.353 e. The van der Waals surface area contributed by atoms with Crippen LogP contribution in [0.25, 0.3) is 0 Å². The lowest BCUT2D eigenvalue weighted by atomic mass is 10.2. The first-order valence-corrected chi connectivity index (χ1v) is 9.35. The van der Waals surface area contributed by atoms with Crippen LogP contribution in [-0.2, 0) is 11.3 Å². The molecule has 0 aliphatic carbocycles. The zero-order valence-electron chi connectivity index (χ0n) is 14.7. The normalized spacial score (nSPS) is 14.8. The van der Waals surface area contributed by atoms with Crippen LogP contribution in [0.3, 0.4) is 0 Å². The molecule has 2 aromatic rings. The molecule has 0 N–H and O–H groups in total. The van der Waals surface area contributed by atoms with Crippen molar-refractivity contribution < 1.29 is 4.79 Å². The first-order chi connectivity index (χ1) is 12.5. The van der Waals surface area contributed by atoms with Gasteiger partial charge in [-0.15, -0.1) is 0 Å². The lowest BCUT2D eigenvalue weighted by Crippen LogP contribution is -2.51. The molecule has 1 amide bonds. The van der Waals surface area contributed by atoms with Gasteiger partial charge >= 0.3 is 0 Å². The van der Waals surface area contributed by atoms with E-state index in [1.807, 2.05) is 47.2 Å². The Hall–Kier alpha value is -1.82. The lowest BCUT2D eigenvalue weighted by Gasteiger charge is -2.36. The van der Waals surface area contributed by atoms with Crippen LogP contribution in [0.15, 0.2) is 42.6 Å². The molecule has 1 saturated heterocycles. The van der Waals surface area contributed by atoms with E-state index < -0.39 is 0 Å². The lowest BCUT2D eigenvalue weighted by molar-refractivity contribution is -0.132. The molecule has 1 aromatic carbocycles. The van der Waals surface area contributed by atoms with Gasteiger partial charge in [0.2, 0.25) is 5.91 Å². The molecule has 1 aliphatic rings. The second kappa shape index (κ2) is 8.71. The van der Waals surface area contributed by atoms with Crippen LogP contribution in [0.5, 0.6) is 0 Å². The van der Waals surface area contributed by atoms with Gasteiger partial charge in [0.25, 0.3) is 0 Å². The number of carbonyl (C=O) groups excluding carboxylic acids is 1. The number of benzene rings is 1. The van der Waals surface area contributed by atoms with Gasteiger partial charge in [0, 0.05) is 38.9 Å². The Morgan fingerprint density at radius 2 is 1.88 bits per heavy atom. The van der Waals surface area contributed by atoms with E-state index in [0.29, 0.717) is 36.2 Å². The van der Waals surface area contributed by atoms with Crippen LogP contribution >= 0.6 is 23.2 Å². The van der Waals surface area contributed by atoms with E-state index in [0.717, 1.165) is 24.5 Å². The predicted molar refractivity (Wildman–Crippen MR) is 106 cm³/mol. The highest BCUT2D eigenvalue weighted by atomic mass is 35.5. The van der Waals surface area contributed by atoms with E-state index in [9.17, 15) is 4.79 Å². The highest BCUT2D eigenvalue weighted by Crippen LogP contribution is 2.26. The maximum absolute atomic E-state index is 12.6. The molecule has 2 heterocycles. The second-order valence-electron chi connectivity index (χ2n) is 6.44. The Balaban J connectivity index is 1.50. The van der Waals surface area contributed by atoms with E-state index in [4.69, 9.17) is 23.2 Å². The Kier molecular flexibility index (Phi) is 6.35. The van der Waals surface area contributed by atoms with Crippen molar-refractivity contribution in [3.63, 3.8) is 0 Å². The molecule has 26 heavy (non-hydrogen) atoms. The average molecular weight is 393 g/mol. The fourth-order valence-corrected chi connectivity index (χ4v) is 3.45. The summed E-state index contributed by atoms with van der Waals surface area (Å²) in [5.41, 5.74) is 0.925. The molecule has 0 unspecified atom stereocenters. The summed E-state index contributed by atoms with van der Waals surface area (Å²) in [5, 5.41) is 1.09. The van der Waals surface area contributed by atoms with Gasteiger partial charge in [0.15, 0.2) is 0 Å². The molecule has 3 rings (SSSR count). The van der Waals surface area contributed by atoms with Gasteiger partial charge in [-0.3, -0.25) is 9.69 Å². The molecule has 1 fully saturated rings. The number of hydrogen-bond donors (Lipinski definition) is 0. The third-order valence-electron chi connectivity index (χ3n) is 4.48. The summed E-state index contributed by atoms with van der Waals surface area (Å²) in [7, 11) is 1.92. The van der Waals surface area contributed by atoms with Gasteiger partial charge in [-0.2, -0.15) is 0 Å². The number of likely N-dealkylation sites (N-methyl/N-ethyl adjacent to an activating group) is 1. The molecule has 0 atom stereocenters. The van der Waals surface area contributed by atoms with Gasteiger partial charge in [0.05, 0.1) is 16.6 Å². The summed E-state index contributed by atoms with van der Waals surface area (Å²) in [5.74, 6) is 1.10. The number of anilines is 1. The summed E-state index contributed by atoms with van der Waals surface area (Å²) in [6, 6.07) is 11.5. The van der Waals surface area contributed by atoms with Crippen LogP contribution in [0.2, 0.25) is 10.0 Å². The van der Waals surface area contributed by atoms with E-state index in [1.54, 1.807) is 12.3 Å².